The molecule has 3 nitrogen and oxygen atoms in total. The fourth-order valence-electron chi connectivity index (χ4n) is 3.00. The van der Waals surface area contributed by atoms with Gasteiger partial charge in [-0.05, 0) is 44.2 Å². The molecule has 0 saturated heterocycles. The molecule has 1 aromatic rings. The summed E-state index contributed by atoms with van der Waals surface area (Å²) in [5.74, 6) is 2.51. The lowest BCUT2D eigenvalue weighted by Crippen LogP contribution is -2.31. The van der Waals surface area contributed by atoms with Crippen LogP contribution in [0.5, 0.6) is 0 Å². The maximum absolute atomic E-state index is 4.61. The monoisotopic (exact) mass is 247 g/mol. The van der Waals surface area contributed by atoms with Gasteiger partial charge in [0.2, 0.25) is 0 Å². The summed E-state index contributed by atoms with van der Waals surface area (Å²) in [6.45, 7) is 7.51. The summed E-state index contributed by atoms with van der Waals surface area (Å²) in [4.78, 5) is 8.81. The summed E-state index contributed by atoms with van der Waals surface area (Å²) in [6.07, 6.45) is 7.24. The van der Waals surface area contributed by atoms with Gasteiger partial charge in [0.1, 0.15) is 5.82 Å². The summed E-state index contributed by atoms with van der Waals surface area (Å²) in [7, 11) is 0. The summed E-state index contributed by atoms with van der Waals surface area (Å²) >= 11 is 0. The predicted molar refractivity (Wildman–Crippen MR) is 74.3 cm³/mol. The molecule has 0 radical (unpaired) electrons. The highest BCUT2D eigenvalue weighted by molar-refractivity contribution is 5.09. The Hall–Kier alpha value is -0.960. The molecule has 2 rings (SSSR count). The molecule has 3 heteroatoms. The van der Waals surface area contributed by atoms with Gasteiger partial charge in [0.25, 0.3) is 0 Å². The van der Waals surface area contributed by atoms with Crippen molar-refractivity contribution in [3.63, 3.8) is 0 Å². The summed E-state index contributed by atoms with van der Waals surface area (Å²) in [5.41, 5.74) is 1.17. The van der Waals surface area contributed by atoms with E-state index in [4.69, 9.17) is 0 Å². The van der Waals surface area contributed by atoms with Crippen LogP contribution < -0.4 is 5.32 Å². The van der Waals surface area contributed by atoms with E-state index in [1.165, 1.54) is 31.4 Å². The van der Waals surface area contributed by atoms with Crippen LogP contribution in [0.15, 0.2) is 12.3 Å². The molecule has 1 aliphatic carbocycles. The van der Waals surface area contributed by atoms with Gasteiger partial charge in [0.15, 0.2) is 0 Å². The van der Waals surface area contributed by atoms with E-state index in [-0.39, 0.29) is 0 Å². The Morgan fingerprint density at radius 2 is 2.06 bits per heavy atom. The average Bonchev–Trinajstić information content (AvgIpc) is 2.37. The Morgan fingerprint density at radius 3 is 2.67 bits per heavy atom. The van der Waals surface area contributed by atoms with Crippen LogP contribution in [-0.4, -0.2) is 16.5 Å². The first-order valence-electron chi connectivity index (χ1n) is 7.23. The molecule has 1 atom stereocenters. The van der Waals surface area contributed by atoms with E-state index in [0.717, 1.165) is 24.2 Å². The Labute approximate surface area is 110 Å². The van der Waals surface area contributed by atoms with Crippen LogP contribution in [0.4, 0.5) is 0 Å². The first-order valence-corrected chi connectivity index (χ1v) is 7.23. The van der Waals surface area contributed by atoms with E-state index in [1.807, 2.05) is 13.1 Å². The molecule has 1 aromatic heterocycles. The first kappa shape index (κ1) is 13.5. The molecule has 1 heterocycles. The highest BCUT2D eigenvalue weighted by atomic mass is 15.0. The maximum atomic E-state index is 4.61. The SMILES string of the molecule is CCNC(c1ccnc(C)n1)C1CCC(C)CC1. The van der Waals surface area contributed by atoms with Gasteiger partial charge in [-0.25, -0.2) is 9.97 Å². The van der Waals surface area contributed by atoms with Crippen LogP contribution in [0.2, 0.25) is 0 Å². The fourth-order valence-corrected chi connectivity index (χ4v) is 3.00. The number of hydrogen-bond donors (Lipinski definition) is 1. The van der Waals surface area contributed by atoms with Gasteiger partial charge in [0, 0.05) is 6.20 Å². The van der Waals surface area contributed by atoms with Gasteiger partial charge < -0.3 is 5.32 Å². The molecule has 1 saturated carbocycles. The molecule has 0 aliphatic heterocycles. The van der Waals surface area contributed by atoms with Crippen molar-refractivity contribution in [2.45, 2.75) is 52.5 Å². The van der Waals surface area contributed by atoms with Crippen molar-refractivity contribution >= 4 is 0 Å². The topological polar surface area (TPSA) is 37.8 Å². The zero-order chi connectivity index (χ0) is 13.0. The predicted octanol–water partition coefficient (Wildman–Crippen LogP) is 3.26. The number of hydrogen-bond acceptors (Lipinski definition) is 3. The Bertz CT molecular complexity index is 370. The lowest BCUT2D eigenvalue weighted by atomic mass is 9.78. The molecule has 100 valence electrons. The average molecular weight is 247 g/mol. The van der Waals surface area contributed by atoms with Crippen molar-refractivity contribution in [2.24, 2.45) is 11.8 Å². The highest BCUT2D eigenvalue weighted by Gasteiger charge is 2.27. The third-order valence-corrected chi connectivity index (χ3v) is 4.07. The number of rotatable bonds is 4. The minimum Gasteiger partial charge on any atom is -0.309 e. The van der Waals surface area contributed by atoms with Crippen LogP contribution in [-0.2, 0) is 0 Å². The normalized spacial score (nSPS) is 25.9. The molecule has 0 aromatic carbocycles. The zero-order valence-corrected chi connectivity index (χ0v) is 11.8. The number of nitrogens with zero attached hydrogens (tertiary/aromatic N) is 2. The first-order chi connectivity index (χ1) is 8.70. The Kier molecular flexibility index (Phi) is 4.70. The van der Waals surface area contributed by atoms with E-state index in [1.54, 1.807) is 0 Å². The highest BCUT2D eigenvalue weighted by Crippen LogP contribution is 2.36. The summed E-state index contributed by atoms with van der Waals surface area (Å²) in [6, 6.07) is 2.47. The zero-order valence-electron chi connectivity index (χ0n) is 11.8. The molecule has 0 amide bonds. The van der Waals surface area contributed by atoms with Gasteiger partial charge in [-0.1, -0.05) is 26.7 Å². The van der Waals surface area contributed by atoms with Crippen LogP contribution in [0.3, 0.4) is 0 Å². The lowest BCUT2D eigenvalue weighted by molar-refractivity contribution is 0.230. The second-order valence-corrected chi connectivity index (χ2v) is 5.58. The minimum atomic E-state index is 0.407. The van der Waals surface area contributed by atoms with Gasteiger partial charge in [0.05, 0.1) is 11.7 Å². The van der Waals surface area contributed by atoms with Crippen LogP contribution in [0.25, 0.3) is 0 Å². The fraction of sp³-hybridized carbons (Fsp3) is 0.733. The van der Waals surface area contributed by atoms with Crippen molar-refractivity contribution in [1.29, 1.82) is 0 Å². The lowest BCUT2D eigenvalue weighted by Gasteiger charge is -2.33. The number of aromatic nitrogens is 2. The second kappa shape index (κ2) is 6.28. The van der Waals surface area contributed by atoms with Crippen molar-refractivity contribution in [3.8, 4) is 0 Å². The molecule has 1 N–H and O–H groups in total. The quantitative estimate of drug-likeness (QED) is 0.887. The van der Waals surface area contributed by atoms with Crippen molar-refractivity contribution in [3.05, 3.63) is 23.8 Å². The van der Waals surface area contributed by atoms with Crippen molar-refractivity contribution in [1.82, 2.24) is 15.3 Å². The summed E-state index contributed by atoms with van der Waals surface area (Å²) < 4.78 is 0. The molecule has 0 spiro atoms. The number of nitrogens with one attached hydrogen (secondary N) is 1. The molecular weight excluding hydrogens is 222 g/mol. The summed E-state index contributed by atoms with van der Waals surface area (Å²) in [5, 5.41) is 3.62. The van der Waals surface area contributed by atoms with Crippen LogP contribution >= 0.6 is 0 Å². The number of aryl methyl sites for hydroxylation is 1. The van der Waals surface area contributed by atoms with E-state index in [0.29, 0.717) is 6.04 Å². The van der Waals surface area contributed by atoms with E-state index < -0.39 is 0 Å². The maximum Gasteiger partial charge on any atom is 0.125 e. The van der Waals surface area contributed by atoms with Crippen molar-refractivity contribution < 1.29 is 0 Å². The Morgan fingerprint density at radius 1 is 1.33 bits per heavy atom. The Balaban J connectivity index is 2.12. The van der Waals surface area contributed by atoms with Crippen molar-refractivity contribution in [2.75, 3.05) is 6.54 Å². The van der Waals surface area contributed by atoms with E-state index in [9.17, 15) is 0 Å². The third kappa shape index (κ3) is 3.29. The van der Waals surface area contributed by atoms with Gasteiger partial charge in [-0.15, -0.1) is 0 Å². The minimum absolute atomic E-state index is 0.407. The van der Waals surface area contributed by atoms with Gasteiger partial charge >= 0.3 is 0 Å². The molecule has 1 aliphatic rings. The van der Waals surface area contributed by atoms with Crippen LogP contribution in [0, 0.1) is 18.8 Å². The molecule has 1 fully saturated rings. The standard InChI is InChI=1S/C15H25N3/c1-4-16-15(13-7-5-11(2)6-8-13)14-9-10-17-12(3)18-14/h9-11,13,15-16H,4-8H2,1-3H3. The van der Waals surface area contributed by atoms with Gasteiger partial charge in [-0.3, -0.25) is 0 Å². The van der Waals surface area contributed by atoms with Crippen LogP contribution in [0.1, 0.15) is 57.1 Å². The van der Waals surface area contributed by atoms with E-state index >= 15 is 0 Å². The molecule has 18 heavy (non-hydrogen) atoms. The second-order valence-electron chi connectivity index (χ2n) is 5.58. The molecule has 1 unspecified atom stereocenters. The van der Waals surface area contributed by atoms with Gasteiger partial charge in [-0.2, -0.15) is 0 Å². The molecule has 0 bridgehead atoms. The third-order valence-electron chi connectivity index (χ3n) is 4.07. The smallest absolute Gasteiger partial charge is 0.125 e. The van der Waals surface area contributed by atoms with E-state index in [2.05, 4.69) is 35.2 Å². The largest absolute Gasteiger partial charge is 0.309 e. The molecular formula is C15H25N3.